The van der Waals surface area contributed by atoms with E-state index in [1.807, 2.05) is 0 Å². The van der Waals surface area contributed by atoms with E-state index in [2.05, 4.69) is 0 Å². The van der Waals surface area contributed by atoms with Gasteiger partial charge in [0.25, 0.3) is 5.69 Å². The molecular formula is C14H12ClFN2O3. The monoisotopic (exact) mass is 310 g/mol. The molecule has 0 heterocycles. The largest absolute Gasteiger partial charge is 0.452 e. The van der Waals surface area contributed by atoms with E-state index in [1.165, 1.54) is 24.3 Å². The zero-order valence-corrected chi connectivity index (χ0v) is 11.8. The highest BCUT2D eigenvalue weighted by Gasteiger charge is 2.14. The maximum Gasteiger partial charge on any atom is 0.273 e. The van der Waals surface area contributed by atoms with Gasteiger partial charge in [0.1, 0.15) is 0 Å². The lowest BCUT2D eigenvalue weighted by atomic mass is 10.1. The molecule has 0 unspecified atom stereocenters. The zero-order valence-electron chi connectivity index (χ0n) is 11.0. The zero-order chi connectivity index (χ0) is 15.6. The fourth-order valence-electron chi connectivity index (χ4n) is 1.69. The van der Waals surface area contributed by atoms with Crippen LogP contribution in [0.3, 0.4) is 0 Å². The van der Waals surface area contributed by atoms with Crippen LogP contribution in [-0.2, 0) is 0 Å². The van der Waals surface area contributed by atoms with Gasteiger partial charge in [-0.25, -0.2) is 4.39 Å². The standard InChI is InChI=1S/C14H12ClFN2O3/c1-8(17)9-2-5-13(12(16)6-9)21-14-7-10(18(19)20)3-4-11(14)15/h2-8H,17H2,1H3/t8-/m1/s1. The van der Waals surface area contributed by atoms with Crippen molar-refractivity contribution in [3.63, 3.8) is 0 Å². The van der Waals surface area contributed by atoms with Gasteiger partial charge in [-0.05, 0) is 30.7 Å². The average molecular weight is 311 g/mol. The van der Waals surface area contributed by atoms with Crippen molar-refractivity contribution >= 4 is 17.3 Å². The van der Waals surface area contributed by atoms with Crippen molar-refractivity contribution < 1.29 is 14.1 Å². The fourth-order valence-corrected chi connectivity index (χ4v) is 1.84. The van der Waals surface area contributed by atoms with Gasteiger partial charge in [0.15, 0.2) is 17.3 Å². The lowest BCUT2D eigenvalue weighted by Crippen LogP contribution is -2.05. The third-order valence-electron chi connectivity index (χ3n) is 2.83. The molecule has 2 aromatic carbocycles. The maximum absolute atomic E-state index is 13.9. The van der Waals surface area contributed by atoms with E-state index in [4.69, 9.17) is 22.1 Å². The molecule has 110 valence electrons. The van der Waals surface area contributed by atoms with Crippen LogP contribution in [0, 0.1) is 15.9 Å². The second-order valence-corrected chi connectivity index (χ2v) is 4.86. The number of nitro groups is 1. The topological polar surface area (TPSA) is 78.4 Å². The SMILES string of the molecule is C[C@@H](N)c1ccc(Oc2cc([N+](=O)[O-])ccc2Cl)c(F)c1. The smallest absolute Gasteiger partial charge is 0.273 e. The number of ether oxygens (including phenoxy) is 1. The Bertz CT molecular complexity index is 692. The molecular weight excluding hydrogens is 299 g/mol. The molecule has 0 aliphatic heterocycles. The first-order valence-corrected chi connectivity index (χ1v) is 6.43. The Morgan fingerprint density at radius 1 is 1.29 bits per heavy atom. The predicted octanol–water partition coefficient (Wildman–Crippen LogP) is 4.20. The molecule has 2 N–H and O–H groups in total. The van der Waals surface area contributed by atoms with Crippen molar-refractivity contribution in [1.82, 2.24) is 0 Å². The Labute approximate surface area is 125 Å². The summed E-state index contributed by atoms with van der Waals surface area (Å²) in [5.41, 5.74) is 6.08. The van der Waals surface area contributed by atoms with E-state index in [9.17, 15) is 14.5 Å². The van der Waals surface area contributed by atoms with Crippen molar-refractivity contribution in [2.45, 2.75) is 13.0 Å². The van der Waals surface area contributed by atoms with Crippen LogP contribution in [-0.4, -0.2) is 4.92 Å². The van der Waals surface area contributed by atoms with E-state index in [1.54, 1.807) is 13.0 Å². The minimum Gasteiger partial charge on any atom is -0.452 e. The van der Waals surface area contributed by atoms with E-state index in [0.29, 0.717) is 5.56 Å². The van der Waals surface area contributed by atoms with Gasteiger partial charge in [0, 0.05) is 12.1 Å². The van der Waals surface area contributed by atoms with Crippen molar-refractivity contribution in [1.29, 1.82) is 0 Å². The van der Waals surface area contributed by atoms with Gasteiger partial charge in [-0.15, -0.1) is 0 Å². The number of nitrogens with zero attached hydrogens (tertiary/aromatic N) is 1. The molecule has 0 saturated heterocycles. The molecule has 7 heteroatoms. The Kier molecular flexibility index (Phi) is 4.40. The fraction of sp³-hybridized carbons (Fsp3) is 0.143. The molecule has 0 fully saturated rings. The highest BCUT2D eigenvalue weighted by Crippen LogP contribution is 2.34. The molecule has 5 nitrogen and oxygen atoms in total. The summed E-state index contributed by atoms with van der Waals surface area (Å²) in [6.07, 6.45) is 0. The van der Waals surface area contributed by atoms with Crippen LogP contribution in [0.15, 0.2) is 36.4 Å². The van der Waals surface area contributed by atoms with Crippen LogP contribution in [0.2, 0.25) is 5.02 Å². The second-order valence-electron chi connectivity index (χ2n) is 4.45. The van der Waals surface area contributed by atoms with Gasteiger partial charge >= 0.3 is 0 Å². The first kappa shape index (κ1) is 15.2. The van der Waals surface area contributed by atoms with Gasteiger partial charge in [0.2, 0.25) is 0 Å². The molecule has 0 amide bonds. The van der Waals surface area contributed by atoms with Gasteiger partial charge < -0.3 is 10.5 Å². The number of non-ortho nitro benzene ring substituents is 1. The van der Waals surface area contributed by atoms with E-state index < -0.39 is 10.7 Å². The van der Waals surface area contributed by atoms with Crippen molar-refractivity contribution in [2.24, 2.45) is 5.73 Å². The van der Waals surface area contributed by atoms with E-state index in [0.717, 1.165) is 6.07 Å². The van der Waals surface area contributed by atoms with Crippen molar-refractivity contribution in [3.8, 4) is 11.5 Å². The quantitative estimate of drug-likeness (QED) is 0.678. The molecule has 0 saturated carbocycles. The van der Waals surface area contributed by atoms with Gasteiger partial charge in [0.05, 0.1) is 16.0 Å². The first-order chi connectivity index (χ1) is 9.88. The molecule has 0 bridgehead atoms. The average Bonchev–Trinajstić information content (AvgIpc) is 2.42. The molecule has 0 aromatic heterocycles. The number of benzene rings is 2. The molecule has 2 rings (SSSR count). The molecule has 0 aliphatic rings. The maximum atomic E-state index is 13.9. The Morgan fingerprint density at radius 2 is 2.00 bits per heavy atom. The summed E-state index contributed by atoms with van der Waals surface area (Å²) in [6, 6.07) is 7.67. The number of nitrogens with two attached hydrogens (primary N) is 1. The molecule has 0 radical (unpaired) electrons. The first-order valence-electron chi connectivity index (χ1n) is 6.05. The summed E-state index contributed by atoms with van der Waals surface area (Å²) in [7, 11) is 0. The summed E-state index contributed by atoms with van der Waals surface area (Å²) in [5, 5.41) is 10.9. The van der Waals surface area contributed by atoms with Crippen LogP contribution in [0.25, 0.3) is 0 Å². The molecule has 0 spiro atoms. The number of halogens is 2. The molecule has 0 aliphatic carbocycles. The van der Waals surface area contributed by atoms with E-state index in [-0.39, 0.29) is 28.3 Å². The normalized spacial score (nSPS) is 12.0. The molecule has 2 aromatic rings. The highest BCUT2D eigenvalue weighted by molar-refractivity contribution is 6.32. The summed E-state index contributed by atoms with van der Waals surface area (Å²) in [6.45, 7) is 1.73. The summed E-state index contributed by atoms with van der Waals surface area (Å²) in [4.78, 5) is 10.1. The second kappa shape index (κ2) is 6.07. The van der Waals surface area contributed by atoms with Gasteiger partial charge in [-0.3, -0.25) is 10.1 Å². The van der Waals surface area contributed by atoms with Crippen LogP contribution in [0.5, 0.6) is 11.5 Å². The van der Waals surface area contributed by atoms with E-state index >= 15 is 0 Å². The molecule has 1 atom stereocenters. The Balaban J connectivity index is 2.34. The van der Waals surface area contributed by atoms with Gasteiger partial charge in [-0.2, -0.15) is 0 Å². The number of rotatable bonds is 4. The highest BCUT2D eigenvalue weighted by atomic mass is 35.5. The van der Waals surface area contributed by atoms with Crippen LogP contribution in [0.4, 0.5) is 10.1 Å². The lowest BCUT2D eigenvalue weighted by molar-refractivity contribution is -0.384. The summed E-state index contributed by atoms with van der Waals surface area (Å²) in [5.74, 6) is -0.688. The Morgan fingerprint density at radius 3 is 2.57 bits per heavy atom. The number of hydrogen-bond acceptors (Lipinski definition) is 4. The number of hydrogen-bond donors (Lipinski definition) is 1. The molecule has 21 heavy (non-hydrogen) atoms. The van der Waals surface area contributed by atoms with Crippen LogP contribution >= 0.6 is 11.6 Å². The Hall–Kier alpha value is -2.18. The minimum atomic E-state index is -0.618. The third-order valence-corrected chi connectivity index (χ3v) is 3.14. The van der Waals surface area contributed by atoms with Crippen LogP contribution < -0.4 is 10.5 Å². The summed E-state index contributed by atoms with van der Waals surface area (Å²) < 4.78 is 19.2. The number of nitro benzene ring substituents is 1. The van der Waals surface area contributed by atoms with Crippen molar-refractivity contribution in [2.75, 3.05) is 0 Å². The third kappa shape index (κ3) is 3.48. The van der Waals surface area contributed by atoms with Crippen LogP contribution in [0.1, 0.15) is 18.5 Å². The van der Waals surface area contributed by atoms with Crippen molar-refractivity contribution in [3.05, 3.63) is 62.9 Å². The predicted molar refractivity (Wildman–Crippen MR) is 77.2 cm³/mol. The lowest BCUT2D eigenvalue weighted by Gasteiger charge is -2.11. The van der Waals surface area contributed by atoms with Gasteiger partial charge in [-0.1, -0.05) is 17.7 Å². The minimum absolute atomic E-state index is 0.0123. The summed E-state index contributed by atoms with van der Waals surface area (Å²) >= 11 is 5.89.